The molecule has 0 aliphatic carbocycles. The molecule has 86 valence electrons. The first-order chi connectivity index (χ1) is 7.24. The molecule has 0 spiro atoms. The molecule has 3 nitrogen and oxygen atoms in total. The van der Waals surface area contributed by atoms with Crippen LogP contribution in [0, 0.1) is 5.92 Å². The zero-order valence-corrected chi connectivity index (χ0v) is 9.20. The van der Waals surface area contributed by atoms with Crippen LogP contribution in [-0.2, 0) is 14.3 Å². The Kier molecular flexibility index (Phi) is 8.90. The predicted octanol–water partition coefficient (Wildman–Crippen LogP) is 1.95. The van der Waals surface area contributed by atoms with Gasteiger partial charge in [-0.25, -0.2) is 0 Å². The van der Waals surface area contributed by atoms with Crippen LogP contribution in [0.2, 0.25) is 0 Å². The molecule has 0 aromatic carbocycles. The number of carbonyl (C=O) groups excluding carboxylic acids is 2. The fraction of sp³-hybridized carbons (Fsp3) is 0.667. The van der Waals surface area contributed by atoms with Gasteiger partial charge in [0.25, 0.3) is 0 Å². The van der Waals surface area contributed by atoms with Crippen LogP contribution in [0.4, 0.5) is 0 Å². The number of rotatable bonds is 6. The van der Waals surface area contributed by atoms with Crippen LogP contribution in [0.3, 0.4) is 0 Å². The molecule has 16 heavy (non-hydrogen) atoms. The molecule has 0 radical (unpaired) electrons. The number of allylic oxidation sites excluding steroid dienone is 1. The van der Waals surface area contributed by atoms with Crippen molar-refractivity contribution in [1.82, 2.24) is 0 Å². The first-order valence-corrected chi connectivity index (χ1v) is 5.65. The van der Waals surface area contributed by atoms with E-state index in [1.165, 1.54) is 19.3 Å². The minimum absolute atomic E-state index is 0. The number of hydrogen-bond acceptors (Lipinski definition) is 3. The molecule has 1 rings (SSSR count). The quantitative estimate of drug-likeness (QED) is 0.232. The van der Waals surface area contributed by atoms with Crippen LogP contribution < -0.4 is 0 Å². The molecule has 1 aliphatic rings. The monoisotopic (exact) mass is 234 g/mol. The molecule has 1 fully saturated rings. The second kappa shape index (κ2) is 8.97. The van der Waals surface area contributed by atoms with Crippen molar-refractivity contribution in [2.24, 2.45) is 5.92 Å². The van der Waals surface area contributed by atoms with E-state index < -0.39 is 11.9 Å². The summed E-state index contributed by atoms with van der Waals surface area (Å²) in [6, 6.07) is 0. The summed E-state index contributed by atoms with van der Waals surface area (Å²) in [5.41, 5.74) is 0. The van der Waals surface area contributed by atoms with Gasteiger partial charge in [-0.05, 0) is 12.8 Å². The van der Waals surface area contributed by atoms with Gasteiger partial charge in [0.1, 0.15) is 0 Å². The molecule has 0 bridgehead atoms. The molecule has 0 aromatic rings. The van der Waals surface area contributed by atoms with Crippen molar-refractivity contribution < 1.29 is 14.3 Å². The summed E-state index contributed by atoms with van der Waals surface area (Å²) in [6.45, 7) is 2.18. The van der Waals surface area contributed by atoms with Crippen molar-refractivity contribution in [2.45, 2.75) is 45.4 Å². The Hall–Kier alpha value is -0.120. The fourth-order valence-electron chi connectivity index (χ4n) is 1.59. The Morgan fingerprint density at radius 2 is 2.06 bits per heavy atom. The van der Waals surface area contributed by atoms with E-state index in [9.17, 15) is 9.59 Å². The summed E-state index contributed by atoms with van der Waals surface area (Å²) < 4.78 is 4.44. The SMILES string of the molecule is CCCCCCC=CC1CC(=O)OC1=O.[NaH]. The molecule has 1 atom stereocenters. The summed E-state index contributed by atoms with van der Waals surface area (Å²) in [7, 11) is 0. The van der Waals surface area contributed by atoms with E-state index in [1.807, 2.05) is 6.08 Å². The van der Waals surface area contributed by atoms with Gasteiger partial charge in [0.2, 0.25) is 0 Å². The summed E-state index contributed by atoms with van der Waals surface area (Å²) in [4.78, 5) is 21.8. The molecule has 0 amide bonds. The average Bonchev–Trinajstić information content (AvgIpc) is 2.51. The van der Waals surface area contributed by atoms with E-state index in [0.717, 1.165) is 12.8 Å². The topological polar surface area (TPSA) is 43.4 Å². The van der Waals surface area contributed by atoms with Crippen molar-refractivity contribution in [3.8, 4) is 0 Å². The van der Waals surface area contributed by atoms with Crippen LogP contribution in [-0.4, -0.2) is 41.5 Å². The van der Waals surface area contributed by atoms with Crippen LogP contribution >= 0.6 is 0 Å². The number of esters is 2. The summed E-state index contributed by atoms with van der Waals surface area (Å²) in [5, 5.41) is 0. The van der Waals surface area contributed by atoms with Crippen molar-refractivity contribution in [3.63, 3.8) is 0 Å². The van der Waals surface area contributed by atoms with Gasteiger partial charge in [-0.3, -0.25) is 9.59 Å². The molecule has 1 heterocycles. The summed E-state index contributed by atoms with van der Waals surface area (Å²) >= 11 is 0. The normalized spacial score (nSPS) is 19.9. The van der Waals surface area contributed by atoms with E-state index in [4.69, 9.17) is 0 Å². The van der Waals surface area contributed by atoms with Crippen LogP contribution in [0.1, 0.15) is 45.4 Å². The zero-order valence-electron chi connectivity index (χ0n) is 9.20. The predicted molar refractivity (Wildman–Crippen MR) is 64.3 cm³/mol. The second-order valence-corrected chi connectivity index (χ2v) is 3.88. The third kappa shape index (κ3) is 5.83. The third-order valence-corrected chi connectivity index (χ3v) is 2.50. The van der Waals surface area contributed by atoms with Crippen molar-refractivity contribution in [3.05, 3.63) is 12.2 Å². The standard InChI is InChI=1S/C12H18O3.Na.H/c1-2-3-4-5-6-7-8-10-9-11(13)15-12(10)14;;/h7-8,10H,2-6,9H2,1H3;;. The molecule has 1 saturated heterocycles. The molecule has 0 saturated carbocycles. The van der Waals surface area contributed by atoms with Gasteiger partial charge in [-0.2, -0.15) is 0 Å². The van der Waals surface area contributed by atoms with E-state index in [2.05, 4.69) is 11.7 Å². The fourth-order valence-corrected chi connectivity index (χ4v) is 1.59. The molecule has 1 aliphatic heterocycles. The van der Waals surface area contributed by atoms with Gasteiger partial charge < -0.3 is 4.74 Å². The van der Waals surface area contributed by atoms with Crippen LogP contribution in [0.15, 0.2) is 12.2 Å². The van der Waals surface area contributed by atoms with Crippen LogP contribution in [0.5, 0.6) is 0 Å². The Labute approximate surface area is 119 Å². The maximum absolute atomic E-state index is 11.1. The van der Waals surface area contributed by atoms with Crippen molar-refractivity contribution in [2.75, 3.05) is 0 Å². The molecular weight excluding hydrogens is 215 g/mol. The molecular formula is C12H19NaO3. The van der Waals surface area contributed by atoms with Crippen LogP contribution in [0.25, 0.3) is 0 Å². The zero-order chi connectivity index (χ0) is 11.1. The van der Waals surface area contributed by atoms with E-state index >= 15 is 0 Å². The minimum atomic E-state index is -0.402. The van der Waals surface area contributed by atoms with E-state index in [-0.39, 0.29) is 41.9 Å². The first-order valence-electron chi connectivity index (χ1n) is 5.65. The van der Waals surface area contributed by atoms with E-state index in [1.54, 1.807) is 6.08 Å². The third-order valence-electron chi connectivity index (χ3n) is 2.50. The first kappa shape index (κ1) is 15.9. The number of hydrogen-bond donors (Lipinski definition) is 0. The Balaban J connectivity index is 0.00000225. The van der Waals surface area contributed by atoms with Gasteiger partial charge >= 0.3 is 41.5 Å². The van der Waals surface area contributed by atoms with Gasteiger partial charge in [-0.15, -0.1) is 0 Å². The van der Waals surface area contributed by atoms with E-state index in [0.29, 0.717) is 0 Å². The average molecular weight is 234 g/mol. The van der Waals surface area contributed by atoms with Crippen molar-refractivity contribution >= 4 is 41.5 Å². The Bertz CT molecular complexity index is 261. The maximum atomic E-state index is 11.1. The van der Waals surface area contributed by atoms with Gasteiger partial charge in [0.15, 0.2) is 0 Å². The molecule has 0 aromatic heterocycles. The van der Waals surface area contributed by atoms with Gasteiger partial charge in [0, 0.05) is 0 Å². The Morgan fingerprint density at radius 1 is 1.31 bits per heavy atom. The molecule has 1 unspecified atom stereocenters. The number of cyclic esters (lactones) is 2. The number of ether oxygens (including phenoxy) is 1. The number of carbonyl (C=O) groups is 2. The number of unbranched alkanes of at least 4 members (excludes halogenated alkanes) is 4. The Morgan fingerprint density at radius 3 is 2.62 bits per heavy atom. The van der Waals surface area contributed by atoms with Gasteiger partial charge in [0.05, 0.1) is 12.3 Å². The molecule has 0 N–H and O–H groups in total. The molecule has 4 heteroatoms. The summed E-state index contributed by atoms with van der Waals surface area (Å²) in [6.07, 6.45) is 9.86. The van der Waals surface area contributed by atoms with Gasteiger partial charge in [-0.1, -0.05) is 38.3 Å². The summed E-state index contributed by atoms with van der Waals surface area (Å²) in [5.74, 6) is -1.13. The van der Waals surface area contributed by atoms with Crippen molar-refractivity contribution in [1.29, 1.82) is 0 Å². The second-order valence-electron chi connectivity index (χ2n) is 3.88.